The normalized spacial score (nSPS) is 14.3. The van der Waals surface area contributed by atoms with E-state index < -0.39 is 5.69 Å². The minimum atomic E-state index is -0.421. The number of imidazole rings is 1. The Labute approximate surface area is 183 Å². The van der Waals surface area contributed by atoms with E-state index in [9.17, 15) is 14.0 Å². The van der Waals surface area contributed by atoms with E-state index in [1.54, 1.807) is 28.8 Å². The molecule has 0 saturated heterocycles. The summed E-state index contributed by atoms with van der Waals surface area (Å²) in [5.74, 6) is 0.161. The summed E-state index contributed by atoms with van der Waals surface area (Å²) in [5, 5.41) is 0. The number of fused-ring (bicyclic) bond motifs is 1. The Kier molecular flexibility index (Phi) is 5.13. The SMILES string of the molecule is COc1ccccc1-n1c(=O)n(C2CCCC2)c(=O)c2c1ncn2Cc1cccc(F)c1. The van der Waals surface area contributed by atoms with Gasteiger partial charge in [-0.15, -0.1) is 0 Å². The molecule has 0 unspecified atom stereocenters. The Morgan fingerprint density at radius 2 is 1.88 bits per heavy atom. The van der Waals surface area contributed by atoms with Crippen molar-refractivity contribution in [1.29, 1.82) is 0 Å². The van der Waals surface area contributed by atoms with E-state index in [-0.39, 0.29) is 29.6 Å². The number of hydrogen-bond acceptors (Lipinski definition) is 4. The minimum absolute atomic E-state index is 0.155. The van der Waals surface area contributed by atoms with Crippen molar-refractivity contribution in [2.75, 3.05) is 7.11 Å². The Balaban J connectivity index is 1.80. The number of aromatic nitrogens is 4. The molecule has 0 amide bonds. The maximum atomic E-state index is 13.7. The summed E-state index contributed by atoms with van der Waals surface area (Å²) in [7, 11) is 1.54. The topological polar surface area (TPSA) is 71.1 Å². The number of methoxy groups -OCH3 is 1. The molecule has 1 fully saturated rings. The van der Waals surface area contributed by atoms with Crippen LogP contribution in [-0.4, -0.2) is 25.8 Å². The zero-order valence-electron chi connectivity index (χ0n) is 17.7. The monoisotopic (exact) mass is 434 g/mol. The molecule has 1 saturated carbocycles. The van der Waals surface area contributed by atoms with Gasteiger partial charge in [-0.1, -0.05) is 37.1 Å². The van der Waals surface area contributed by atoms with Gasteiger partial charge in [-0.25, -0.2) is 18.7 Å². The van der Waals surface area contributed by atoms with Crippen LogP contribution in [0.2, 0.25) is 0 Å². The summed E-state index contributed by atoms with van der Waals surface area (Å²) >= 11 is 0. The second-order valence-corrected chi connectivity index (χ2v) is 8.08. The zero-order valence-corrected chi connectivity index (χ0v) is 17.7. The highest BCUT2D eigenvalue weighted by molar-refractivity contribution is 5.73. The van der Waals surface area contributed by atoms with Crippen LogP contribution in [0.4, 0.5) is 4.39 Å². The molecule has 32 heavy (non-hydrogen) atoms. The number of nitrogens with zero attached hydrogens (tertiary/aromatic N) is 4. The molecule has 0 aliphatic heterocycles. The van der Waals surface area contributed by atoms with Crippen molar-refractivity contribution in [1.82, 2.24) is 18.7 Å². The molecule has 1 aliphatic rings. The Bertz CT molecular complexity index is 1410. The summed E-state index contributed by atoms with van der Waals surface area (Å²) in [6.07, 6.45) is 5.05. The molecule has 8 heteroatoms. The van der Waals surface area contributed by atoms with Gasteiger partial charge in [0.15, 0.2) is 11.2 Å². The van der Waals surface area contributed by atoms with Crippen molar-refractivity contribution >= 4 is 11.2 Å². The molecule has 7 nitrogen and oxygen atoms in total. The number of para-hydroxylation sites is 2. The molecule has 0 bridgehead atoms. The van der Waals surface area contributed by atoms with E-state index in [1.165, 1.54) is 34.7 Å². The first-order chi connectivity index (χ1) is 15.6. The van der Waals surface area contributed by atoms with Gasteiger partial charge in [0, 0.05) is 12.6 Å². The highest BCUT2D eigenvalue weighted by atomic mass is 19.1. The third kappa shape index (κ3) is 3.32. The number of benzene rings is 2. The van der Waals surface area contributed by atoms with E-state index >= 15 is 0 Å². The van der Waals surface area contributed by atoms with Gasteiger partial charge in [-0.05, 0) is 42.7 Å². The molecule has 5 rings (SSSR count). The first kappa shape index (κ1) is 20.2. The predicted molar refractivity (Wildman–Crippen MR) is 119 cm³/mol. The molecular formula is C24H23FN4O3. The fraction of sp³-hybridized carbons (Fsp3) is 0.292. The van der Waals surface area contributed by atoms with E-state index in [0.29, 0.717) is 22.5 Å². The molecule has 0 spiro atoms. The Morgan fingerprint density at radius 3 is 2.62 bits per heavy atom. The molecule has 0 radical (unpaired) electrons. The predicted octanol–water partition coefficient (Wildman–Crippen LogP) is 3.66. The molecule has 2 heterocycles. The average Bonchev–Trinajstić information content (AvgIpc) is 3.45. The van der Waals surface area contributed by atoms with Gasteiger partial charge in [0.05, 0.1) is 19.1 Å². The summed E-state index contributed by atoms with van der Waals surface area (Å²) in [5.41, 5.74) is 1.01. The molecule has 1 aliphatic carbocycles. The van der Waals surface area contributed by atoms with Crippen LogP contribution in [0.5, 0.6) is 5.75 Å². The van der Waals surface area contributed by atoms with Crippen molar-refractivity contribution in [2.24, 2.45) is 0 Å². The molecule has 0 atom stereocenters. The first-order valence-corrected chi connectivity index (χ1v) is 10.7. The number of hydrogen-bond donors (Lipinski definition) is 0. The summed E-state index contributed by atoms with van der Waals surface area (Å²) in [4.78, 5) is 31.7. The van der Waals surface area contributed by atoms with Gasteiger partial charge < -0.3 is 9.30 Å². The largest absolute Gasteiger partial charge is 0.495 e. The third-order valence-electron chi connectivity index (χ3n) is 6.11. The lowest BCUT2D eigenvalue weighted by molar-refractivity contribution is 0.411. The van der Waals surface area contributed by atoms with Gasteiger partial charge in [0.25, 0.3) is 5.56 Å². The van der Waals surface area contributed by atoms with Gasteiger partial charge in [0.1, 0.15) is 11.6 Å². The van der Waals surface area contributed by atoms with E-state index in [4.69, 9.17) is 4.74 Å². The highest BCUT2D eigenvalue weighted by Gasteiger charge is 2.27. The summed E-state index contributed by atoms with van der Waals surface area (Å²) in [6.45, 7) is 0.262. The Morgan fingerprint density at radius 1 is 1.09 bits per heavy atom. The summed E-state index contributed by atoms with van der Waals surface area (Å²) < 4.78 is 23.7. The molecule has 164 valence electrons. The number of ether oxygens (including phenoxy) is 1. The molecule has 2 aromatic carbocycles. The van der Waals surface area contributed by atoms with Crippen molar-refractivity contribution in [3.63, 3.8) is 0 Å². The quantitative estimate of drug-likeness (QED) is 0.481. The lowest BCUT2D eigenvalue weighted by Gasteiger charge is -2.18. The second-order valence-electron chi connectivity index (χ2n) is 8.08. The van der Waals surface area contributed by atoms with E-state index in [2.05, 4.69) is 4.98 Å². The molecule has 4 aromatic rings. The molecular weight excluding hydrogens is 411 g/mol. The van der Waals surface area contributed by atoms with Gasteiger partial charge in [-0.2, -0.15) is 0 Å². The van der Waals surface area contributed by atoms with Crippen LogP contribution in [0.1, 0.15) is 37.3 Å². The third-order valence-corrected chi connectivity index (χ3v) is 6.11. The molecule has 2 aromatic heterocycles. The smallest absolute Gasteiger partial charge is 0.337 e. The fourth-order valence-electron chi connectivity index (χ4n) is 4.62. The van der Waals surface area contributed by atoms with Gasteiger partial charge in [0.2, 0.25) is 0 Å². The maximum Gasteiger partial charge on any atom is 0.337 e. The lowest BCUT2D eigenvalue weighted by atomic mass is 10.2. The zero-order chi connectivity index (χ0) is 22.2. The van der Waals surface area contributed by atoms with Crippen LogP contribution in [-0.2, 0) is 6.54 Å². The van der Waals surface area contributed by atoms with Crippen LogP contribution >= 0.6 is 0 Å². The fourth-order valence-corrected chi connectivity index (χ4v) is 4.62. The van der Waals surface area contributed by atoms with Crippen molar-refractivity contribution in [3.8, 4) is 11.4 Å². The van der Waals surface area contributed by atoms with E-state index in [1.807, 2.05) is 12.1 Å². The average molecular weight is 434 g/mol. The van der Waals surface area contributed by atoms with Crippen LogP contribution in [0.15, 0.2) is 64.4 Å². The number of halogens is 1. The van der Waals surface area contributed by atoms with Gasteiger partial charge >= 0.3 is 5.69 Å². The standard InChI is InChI=1S/C24H23FN4O3/c1-32-20-12-5-4-11-19(20)29-22-21(23(30)28(24(29)31)18-9-2-3-10-18)27(15-26-22)14-16-7-6-8-17(25)13-16/h4-8,11-13,15,18H,2-3,9-10,14H2,1H3. The van der Waals surface area contributed by atoms with Crippen molar-refractivity contribution in [2.45, 2.75) is 38.3 Å². The van der Waals surface area contributed by atoms with E-state index in [0.717, 1.165) is 25.7 Å². The van der Waals surface area contributed by atoms with Crippen molar-refractivity contribution in [3.05, 3.63) is 87.1 Å². The maximum absolute atomic E-state index is 13.7. The van der Waals surface area contributed by atoms with Crippen LogP contribution in [0.25, 0.3) is 16.9 Å². The lowest BCUT2D eigenvalue weighted by Crippen LogP contribution is -2.42. The molecule has 0 N–H and O–H groups in total. The highest BCUT2D eigenvalue weighted by Crippen LogP contribution is 2.29. The number of rotatable bonds is 5. The Hall–Kier alpha value is -3.68. The second kappa shape index (κ2) is 8.11. The van der Waals surface area contributed by atoms with Crippen molar-refractivity contribution < 1.29 is 9.13 Å². The first-order valence-electron chi connectivity index (χ1n) is 10.7. The summed E-state index contributed by atoms with van der Waals surface area (Å²) in [6, 6.07) is 13.2. The van der Waals surface area contributed by atoms with Gasteiger partial charge in [-0.3, -0.25) is 9.36 Å². The van der Waals surface area contributed by atoms with Crippen LogP contribution < -0.4 is 16.0 Å². The van der Waals surface area contributed by atoms with Crippen LogP contribution in [0.3, 0.4) is 0 Å². The van der Waals surface area contributed by atoms with Crippen LogP contribution in [0, 0.1) is 5.82 Å². The minimum Gasteiger partial charge on any atom is -0.495 e.